The highest BCUT2D eigenvalue weighted by Crippen LogP contribution is 2.18. The topological polar surface area (TPSA) is 64.9 Å². The summed E-state index contributed by atoms with van der Waals surface area (Å²) in [5.74, 6) is 0.594. The van der Waals surface area contributed by atoms with Gasteiger partial charge in [0.15, 0.2) is 0 Å². The molecule has 0 aliphatic heterocycles. The summed E-state index contributed by atoms with van der Waals surface area (Å²) in [5, 5.41) is 15.1. The SMILES string of the molecule is CCOC(CNc1nnnn1-c1ccccc1)c1ccccc1. The van der Waals surface area contributed by atoms with E-state index in [1.807, 2.05) is 55.5 Å². The molecule has 0 saturated heterocycles. The molecule has 6 nitrogen and oxygen atoms in total. The van der Waals surface area contributed by atoms with Crippen molar-refractivity contribution in [1.82, 2.24) is 20.2 Å². The molecule has 0 amide bonds. The number of nitrogens with one attached hydrogen (secondary N) is 1. The van der Waals surface area contributed by atoms with Crippen molar-refractivity contribution in [3.63, 3.8) is 0 Å². The van der Waals surface area contributed by atoms with Gasteiger partial charge in [-0.25, -0.2) is 0 Å². The number of benzene rings is 2. The number of hydrogen-bond acceptors (Lipinski definition) is 5. The van der Waals surface area contributed by atoms with Crippen molar-refractivity contribution in [3.05, 3.63) is 66.2 Å². The Hall–Kier alpha value is -2.73. The minimum absolute atomic E-state index is 0.0536. The van der Waals surface area contributed by atoms with Crippen LogP contribution in [-0.4, -0.2) is 33.4 Å². The lowest BCUT2D eigenvalue weighted by Gasteiger charge is -2.18. The number of hydrogen-bond donors (Lipinski definition) is 1. The molecule has 0 bridgehead atoms. The lowest BCUT2D eigenvalue weighted by atomic mass is 10.1. The van der Waals surface area contributed by atoms with Crippen molar-refractivity contribution >= 4 is 5.95 Å². The molecule has 0 aliphatic rings. The zero-order valence-corrected chi connectivity index (χ0v) is 13.0. The average Bonchev–Trinajstić information content (AvgIpc) is 3.09. The molecule has 2 aromatic carbocycles. The monoisotopic (exact) mass is 309 g/mol. The van der Waals surface area contributed by atoms with Gasteiger partial charge >= 0.3 is 0 Å². The molecule has 1 atom stereocenters. The van der Waals surface area contributed by atoms with E-state index in [-0.39, 0.29) is 6.10 Å². The summed E-state index contributed by atoms with van der Waals surface area (Å²) in [6.45, 7) is 3.22. The first-order chi connectivity index (χ1) is 11.4. The maximum absolute atomic E-state index is 5.83. The molecule has 3 aromatic rings. The molecule has 23 heavy (non-hydrogen) atoms. The zero-order valence-electron chi connectivity index (χ0n) is 13.0. The lowest BCUT2D eigenvalue weighted by Crippen LogP contribution is -2.18. The van der Waals surface area contributed by atoms with E-state index in [2.05, 4.69) is 33.0 Å². The first kappa shape index (κ1) is 15.2. The fourth-order valence-electron chi connectivity index (χ4n) is 2.37. The van der Waals surface area contributed by atoms with Crippen molar-refractivity contribution < 1.29 is 4.74 Å². The summed E-state index contributed by atoms with van der Waals surface area (Å²) >= 11 is 0. The van der Waals surface area contributed by atoms with E-state index < -0.39 is 0 Å². The summed E-state index contributed by atoms with van der Waals surface area (Å²) in [4.78, 5) is 0. The standard InChI is InChI=1S/C17H19N5O/c1-2-23-16(14-9-5-3-6-10-14)13-18-17-19-20-21-22(17)15-11-7-4-8-12-15/h3-12,16H,2,13H2,1H3,(H,18,19,21). The minimum atomic E-state index is -0.0536. The first-order valence-corrected chi connectivity index (χ1v) is 7.62. The van der Waals surface area contributed by atoms with Crippen molar-refractivity contribution in [1.29, 1.82) is 0 Å². The number of rotatable bonds is 7. The highest BCUT2D eigenvalue weighted by molar-refractivity contribution is 5.38. The molecule has 6 heteroatoms. The van der Waals surface area contributed by atoms with Crippen molar-refractivity contribution in [2.75, 3.05) is 18.5 Å². The zero-order chi connectivity index (χ0) is 15.9. The van der Waals surface area contributed by atoms with Crippen molar-refractivity contribution in [2.45, 2.75) is 13.0 Å². The molecule has 118 valence electrons. The van der Waals surface area contributed by atoms with E-state index in [0.29, 0.717) is 19.1 Å². The highest BCUT2D eigenvalue weighted by Gasteiger charge is 2.14. The van der Waals surface area contributed by atoms with Crippen LogP contribution in [0.2, 0.25) is 0 Å². The summed E-state index contributed by atoms with van der Waals surface area (Å²) < 4.78 is 7.51. The summed E-state index contributed by atoms with van der Waals surface area (Å²) in [6.07, 6.45) is -0.0536. The average molecular weight is 309 g/mol. The van der Waals surface area contributed by atoms with Crippen LogP contribution in [0.1, 0.15) is 18.6 Å². The van der Waals surface area contributed by atoms with Crippen LogP contribution in [-0.2, 0) is 4.74 Å². The molecule has 1 N–H and O–H groups in total. The normalized spacial score (nSPS) is 12.0. The lowest BCUT2D eigenvalue weighted by molar-refractivity contribution is 0.0717. The van der Waals surface area contributed by atoms with Crippen LogP contribution in [0.3, 0.4) is 0 Å². The Labute approximate surface area is 135 Å². The molecule has 0 fully saturated rings. The molecule has 0 spiro atoms. The second kappa shape index (κ2) is 7.51. The maximum atomic E-state index is 5.83. The van der Waals surface area contributed by atoms with E-state index in [9.17, 15) is 0 Å². The Balaban J connectivity index is 1.74. The van der Waals surface area contributed by atoms with Gasteiger partial charge in [-0.3, -0.25) is 0 Å². The highest BCUT2D eigenvalue weighted by atomic mass is 16.5. The fourth-order valence-corrected chi connectivity index (χ4v) is 2.37. The number of nitrogens with zero attached hydrogens (tertiary/aromatic N) is 4. The number of tetrazole rings is 1. The Bertz CT molecular complexity index is 714. The number of ether oxygens (including phenoxy) is 1. The van der Waals surface area contributed by atoms with Gasteiger partial charge in [-0.2, -0.15) is 4.68 Å². The van der Waals surface area contributed by atoms with E-state index in [1.54, 1.807) is 4.68 Å². The molecule has 1 unspecified atom stereocenters. The number of anilines is 1. The van der Waals surface area contributed by atoms with Gasteiger partial charge in [0.05, 0.1) is 11.8 Å². The van der Waals surface area contributed by atoms with Gasteiger partial charge in [0, 0.05) is 13.2 Å². The van der Waals surface area contributed by atoms with Crippen molar-refractivity contribution in [3.8, 4) is 5.69 Å². The fraction of sp³-hybridized carbons (Fsp3) is 0.235. The third-order valence-electron chi connectivity index (χ3n) is 3.46. The van der Waals surface area contributed by atoms with Crippen molar-refractivity contribution in [2.24, 2.45) is 0 Å². The van der Waals surface area contributed by atoms with Gasteiger partial charge in [0.25, 0.3) is 0 Å². The summed E-state index contributed by atoms with van der Waals surface area (Å²) in [6, 6.07) is 19.9. The molecule has 0 radical (unpaired) electrons. The van der Waals surface area contributed by atoms with E-state index >= 15 is 0 Å². The minimum Gasteiger partial charge on any atom is -0.372 e. The third kappa shape index (κ3) is 3.73. The number of aromatic nitrogens is 4. The Morgan fingerprint density at radius 2 is 1.74 bits per heavy atom. The van der Waals surface area contributed by atoms with Crippen LogP contribution < -0.4 is 5.32 Å². The van der Waals surface area contributed by atoms with Crippen LogP contribution in [0.4, 0.5) is 5.95 Å². The van der Waals surface area contributed by atoms with Gasteiger partial charge in [-0.15, -0.1) is 0 Å². The molecule has 0 aliphatic carbocycles. The van der Waals surface area contributed by atoms with Crippen LogP contribution in [0, 0.1) is 0 Å². The van der Waals surface area contributed by atoms with Gasteiger partial charge in [0.1, 0.15) is 0 Å². The summed E-state index contributed by atoms with van der Waals surface area (Å²) in [7, 11) is 0. The van der Waals surface area contributed by atoms with Gasteiger partial charge in [-0.1, -0.05) is 53.6 Å². The van der Waals surface area contributed by atoms with E-state index in [4.69, 9.17) is 4.74 Å². The van der Waals surface area contributed by atoms with Crippen LogP contribution in [0.5, 0.6) is 0 Å². The van der Waals surface area contributed by atoms with Gasteiger partial charge < -0.3 is 10.1 Å². The molecule has 1 heterocycles. The summed E-state index contributed by atoms with van der Waals surface area (Å²) in [5.41, 5.74) is 2.04. The smallest absolute Gasteiger partial charge is 0.247 e. The second-order valence-electron chi connectivity index (χ2n) is 4.99. The predicted octanol–water partition coefficient (Wildman–Crippen LogP) is 2.85. The molecule has 1 aromatic heterocycles. The van der Waals surface area contributed by atoms with Crippen LogP contribution in [0.15, 0.2) is 60.7 Å². The maximum Gasteiger partial charge on any atom is 0.247 e. The van der Waals surface area contributed by atoms with E-state index in [0.717, 1.165) is 11.3 Å². The van der Waals surface area contributed by atoms with E-state index in [1.165, 1.54) is 0 Å². The quantitative estimate of drug-likeness (QED) is 0.727. The largest absolute Gasteiger partial charge is 0.372 e. The molecular weight excluding hydrogens is 290 g/mol. The van der Waals surface area contributed by atoms with Gasteiger partial charge in [-0.05, 0) is 35.0 Å². The second-order valence-corrected chi connectivity index (χ2v) is 4.99. The first-order valence-electron chi connectivity index (χ1n) is 7.62. The van der Waals surface area contributed by atoms with Crippen LogP contribution >= 0.6 is 0 Å². The third-order valence-corrected chi connectivity index (χ3v) is 3.46. The molecule has 0 saturated carbocycles. The Kier molecular flexibility index (Phi) is 4.95. The van der Waals surface area contributed by atoms with Gasteiger partial charge in [0.2, 0.25) is 5.95 Å². The van der Waals surface area contributed by atoms with Crippen LogP contribution in [0.25, 0.3) is 5.69 Å². The Morgan fingerprint density at radius 3 is 2.43 bits per heavy atom. The molecule has 3 rings (SSSR count). The predicted molar refractivity (Wildman–Crippen MR) is 88.5 cm³/mol. The number of para-hydroxylation sites is 1. The molecular formula is C17H19N5O. The Morgan fingerprint density at radius 1 is 1.04 bits per heavy atom.